The molecule has 0 saturated carbocycles. The zero-order valence-corrected chi connectivity index (χ0v) is 16.1. The maximum Gasteiger partial charge on any atom is 0.0207 e. The number of hydrogen-bond acceptors (Lipinski definition) is 0. The van der Waals surface area contributed by atoms with Gasteiger partial charge in [-0.3, -0.25) is 0 Å². The summed E-state index contributed by atoms with van der Waals surface area (Å²) < 4.78 is 0. The van der Waals surface area contributed by atoms with Gasteiger partial charge in [0.05, 0.1) is 0 Å². The van der Waals surface area contributed by atoms with Crippen molar-refractivity contribution < 1.29 is 0 Å². The molecule has 0 aliphatic heterocycles. The van der Waals surface area contributed by atoms with E-state index >= 15 is 0 Å². The lowest BCUT2D eigenvalue weighted by molar-refractivity contribution is 0.113. The van der Waals surface area contributed by atoms with Crippen LogP contribution in [0.4, 0.5) is 0 Å². The van der Waals surface area contributed by atoms with Gasteiger partial charge in [-0.2, -0.15) is 0 Å². The van der Waals surface area contributed by atoms with E-state index in [0.29, 0.717) is 0 Å². The molecule has 0 bridgehead atoms. The Labute approximate surface area is 152 Å². The smallest absolute Gasteiger partial charge is 0.0207 e. The van der Waals surface area contributed by atoms with Crippen molar-refractivity contribution in [2.75, 3.05) is 0 Å². The van der Waals surface area contributed by atoms with E-state index in [0.717, 1.165) is 6.42 Å². The maximum atomic E-state index is 2.43. The minimum absolute atomic E-state index is 0.0160. The molecule has 2 aromatic rings. The van der Waals surface area contributed by atoms with Crippen LogP contribution in [0, 0.1) is 10.8 Å². The van der Waals surface area contributed by atoms with Crippen molar-refractivity contribution in [3.8, 4) is 11.1 Å². The first-order valence-electron chi connectivity index (χ1n) is 9.36. The fraction of sp³-hybridized carbons (Fsp3) is 0.360. The summed E-state index contributed by atoms with van der Waals surface area (Å²) in [6.07, 6.45) is 10.4. The SMILES string of the molecule is CC(C)(C)C1(C(C)(C)c2cccc3c2Cc2ccccc2-3)C=CC=C1. The fourth-order valence-electron chi connectivity index (χ4n) is 5.29. The maximum absolute atomic E-state index is 2.43. The monoisotopic (exact) mass is 328 g/mol. The van der Waals surface area contributed by atoms with Crippen molar-refractivity contribution in [2.45, 2.75) is 46.5 Å². The van der Waals surface area contributed by atoms with Crippen LogP contribution in [0.2, 0.25) is 0 Å². The predicted octanol–water partition coefficient (Wildman–Crippen LogP) is 6.69. The first-order valence-corrected chi connectivity index (χ1v) is 9.36. The molecular formula is C25H28. The van der Waals surface area contributed by atoms with Crippen molar-refractivity contribution in [3.63, 3.8) is 0 Å². The Morgan fingerprint density at radius 3 is 2.08 bits per heavy atom. The van der Waals surface area contributed by atoms with Crippen LogP contribution in [-0.4, -0.2) is 0 Å². The molecule has 2 aromatic carbocycles. The fourth-order valence-corrected chi connectivity index (χ4v) is 5.29. The van der Waals surface area contributed by atoms with Crippen molar-refractivity contribution in [2.24, 2.45) is 10.8 Å². The van der Waals surface area contributed by atoms with Crippen LogP contribution in [0.15, 0.2) is 66.8 Å². The molecule has 128 valence electrons. The second-order valence-electron chi connectivity index (χ2n) is 9.13. The molecule has 0 N–H and O–H groups in total. The number of rotatable bonds is 2. The molecule has 0 spiro atoms. The molecule has 0 unspecified atom stereocenters. The third kappa shape index (κ3) is 2.13. The first-order chi connectivity index (χ1) is 11.8. The van der Waals surface area contributed by atoms with Crippen LogP contribution in [0.5, 0.6) is 0 Å². The normalized spacial score (nSPS) is 17.6. The standard InChI is InChI=1S/C25H28/c1-23(2,3)25(15-8-9-16-25)24(4,5)22-14-10-13-20-19-12-7-6-11-18(19)17-21(20)22/h6-16H,17H2,1-5H3. The summed E-state index contributed by atoms with van der Waals surface area (Å²) in [6.45, 7) is 12.0. The van der Waals surface area contributed by atoms with Crippen LogP contribution in [0.25, 0.3) is 11.1 Å². The lowest BCUT2D eigenvalue weighted by atomic mass is 9.51. The van der Waals surface area contributed by atoms with Crippen LogP contribution in [0.3, 0.4) is 0 Å². The highest BCUT2D eigenvalue weighted by Gasteiger charge is 2.51. The van der Waals surface area contributed by atoms with Gasteiger partial charge in [-0.1, -0.05) is 101 Å². The van der Waals surface area contributed by atoms with Gasteiger partial charge in [0, 0.05) is 10.8 Å². The molecule has 0 atom stereocenters. The van der Waals surface area contributed by atoms with E-state index in [1.54, 1.807) is 0 Å². The summed E-state index contributed by atoms with van der Waals surface area (Å²) in [6, 6.07) is 15.8. The van der Waals surface area contributed by atoms with Crippen LogP contribution in [-0.2, 0) is 11.8 Å². The Bertz CT molecular complexity index is 872. The molecule has 0 heteroatoms. The minimum atomic E-state index is 0.0160. The number of allylic oxidation sites excluding steroid dienone is 4. The van der Waals surface area contributed by atoms with E-state index in [9.17, 15) is 0 Å². The Hall–Kier alpha value is -2.08. The average molecular weight is 328 g/mol. The van der Waals surface area contributed by atoms with Crippen molar-refractivity contribution in [1.82, 2.24) is 0 Å². The Morgan fingerprint density at radius 2 is 1.40 bits per heavy atom. The molecular weight excluding hydrogens is 300 g/mol. The second-order valence-corrected chi connectivity index (χ2v) is 9.13. The van der Waals surface area contributed by atoms with Crippen molar-refractivity contribution >= 4 is 0 Å². The quantitative estimate of drug-likeness (QED) is 0.491. The van der Waals surface area contributed by atoms with Gasteiger partial charge in [0.2, 0.25) is 0 Å². The third-order valence-electron chi connectivity index (χ3n) is 6.63. The summed E-state index contributed by atoms with van der Waals surface area (Å²) in [5.41, 5.74) is 7.50. The predicted molar refractivity (Wildman–Crippen MR) is 108 cm³/mol. The van der Waals surface area contributed by atoms with Crippen LogP contribution >= 0.6 is 0 Å². The lowest BCUT2D eigenvalue weighted by Crippen LogP contribution is -2.47. The largest absolute Gasteiger partial charge is 0.0732 e. The van der Waals surface area contributed by atoms with Gasteiger partial charge in [-0.15, -0.1) is 0 Å². The highest BCUT2D eigenvalue weighted by molar-refractivity contribution is 5.78. The van der Waals surface area contributed by atoms with Gasteiger partial charge in [0.1, 0.15) is 0 Å². The molecule has 2 aliphatic rings. The van der Waals surface area contributed by atoms with Gasteiger partial charge in [0.25, 0.3) is 0 Å². The molecule has 2 aliphatic carbocycles. The zero-order chi connectivity index (χ0) is 17.9. The first kappa shape index (κ1) is 16.4. The van der Waals surface area contributed by atoms with Gasteiger partial charge in [-0.25, -0.2) is 0 Å². The minimum Gasteiger partial charge on any atom is -0.0732 e. The molecule has 0 amide bonds. The zero-order valence-electron chi connectivity index (χ0n) is 16.1. The molecule has 0 nitrogen and oxygen atoms in total. The van der Waals surface area contributed by atoms with Crippen LogP contribution in [0.1, 0.15) is 51.3 Å². The van der Waals surface area contributed by atoms with E-state index in [1.165, 1.54) is 27.8 Å². The van der Waals surface area contributed by atoms with Gasteiger partial charge >= 0.3 is 0 Å². The lowest BCUT2D eigenvalue weighted by Gasteiger charge is -2.51. The number of hydrogen-bond donors (Lipinski definition) is 0. The molecule has 0 saturated heterocycles. The van der Waals surface area contributed by atoms with Crippen molar-refractivity contribution in [3.05, 3.63) is 83.5 Å². The average Bonchev–Trinajstić information content (AvgIpc) is 3.19. The van der Waals surface area contributed by atoms with Crippen LogP contribution < -0.4 is 0 Å². The highest BCUT2D eigenvalue weighted by atomic mass is 14.5. The summed E-state index contributed by atoms with van der Waals surface area (Å²) >= 11 is 0. The Kier molecular flexibility index (Phi) is 3.41. The molecule has 25 heavy (non-hydrogen) atoms. The Balaban J connectivity index is 1.92. The van der Waals surface area contributed by atoms with Gasteiger partial charge in [0.15, 0.2) is 0 Å². The van der Waals surface area contributed by atoms with E-state index in [4.69, 9.17) is 0 Å². The topological polar surface area (TPSA) is 0 Å². The summed E-state index contributed by atoms with van der Waals surface area (Å²) in [5, 5.41) is 0. The molecule has 0 aromatic heterocycles. The van der Waals surface area contributed by atoms with E-state index < -0.39 is 0 Å². The summed E-state index contributed by atoms with van der Waals surface area (Å²) in [5.74, 6) is 0. The molecule has 4 rings (SSSR count). The van der Waals surface area contributed by atoms with Gasteiger partial charge in [-0.05, 0) is 39.7 Å². The number of benzene rings is 2. The van der Waals surface area contributed by atoms with E-state index in [1.807, 2.05) is 0 Å². The van der Waals surface area contributed by atoms with Gasteiger partial charge < -0.3 is 0 Å². The highest BCUT2D eigenvalue weighted by Crippen LogP contribution is 2.58. The molecule has 0 fully saturated rings. The Morgan fingerprint density at radius 1 is 0.760 bits per heavy atom. The third-order valence-corrected chi connectivity index (χ3v) is 6.63. The molecule has 0 heterocycles. The van der Waals surface area contributed by atoms with Crippen molar-refractivity contribution in [1.29, 1.82) is 0 Å². The number of fused-ring (bicyclic) bond motifs is 3. The van der Waals surface area contributed by atoms with E-state index in [2.05, 4.69) is 101 Å². The molecule has 0 radical (unpaired) electrons. The summed E-state index contributed by atoms with van der Waals surface area (Å²) in [4.78, 5) is 0. The second kappa shape index (κ2) is 5.21. The summed E-state index contributed by atoms with van der Waals surface area (Å²) in [7, 11) is 0. The van der Waals surface area contributed by atoms with E-state index in [-0.39, 0.29) is 16.2 Å².